The van der Waals surface area contributed by atoms with Crippen molar-refractivity contribution < 1.29 is 14.3 Å². The third-order valence-electron chi connectivity index (χ3n) is 3.00. The molecule has 1 saturated carbocycles. The number of carbonyl (C=O) groups is 2. The number of ether oxygens (including phenoxy) is 1. The van der Waals surface area contributed by atoms with Crippen LogP contribution in [-0.4, -0.2) is 18.4 Å². The third kappa shape index (κ3) is 1.72. The molecule has 0 aromatic heterocycles. The van der Waals surface area contributed by atoms with Crippen LogP contribution >= 0.6 is 0 Å². The molecule has 2 rings (SSSR count). The van der Waals surface area contributed by atoms with Gasteiger partial charge in [0.2, 0.25) is 0 Å². The van der Waals surface area contributed by atoms with Gasteiger partial charge in [0.25, 0.3) is 0 Å². The number of hydrogen-bond donors (Lipinski definition) is 0. The van der Waals surface area contributed by atoms with E-state index >= 15 is 0 Å². The van der Waals surface area contributed by atoms with Crippen LogP contribution in [0.4, 0.5) is 0 Å². The van der Waals surface area contributed by atoms with E-state index in [9.17, 15) is 9.59 Å². The van der Waals surface area contributed by atoms with Crippen molar-refractivity contribution in [3.8, 4) is 0 Å². The Kier molecular flexibility index (Phi) is 2.40. The van der Waals surface area contributed by atoms with E-state index in [1.807, 2.05) is 0 Å². The van der Waals surface area contributed by atoms with Crippen molar-refractivity contribution in [2.75, 3.05) is 6.61 Å². The molecule has 2 aliphatic carbocycles. The summed E-state index contributed by atoms with van der Waals surface area (Å²) in [4.78, 5) is 22.2. The Morgan fingerprint density at radius 2 is 2.14 bits per heavy atom. The number of fused-ring (bicyclic) bond motifs is 2. The van der Waals surface area contributed by atoms with Gasteiger partial charge in [-0.1, -0.05) is 12.2 Å². The van der Waals surface area contributed by atoms with Crippen LogP contribution in [0.1, 0.15) is 19.8 Å². The molecule has 2 bridgehead atoms. The monoisotopic (exact) mass is 194 g/mol. The molecule has 3 nitrogen and oxygen atoms in total. The van der Waals surface area contributed by atoms with Gasteiger partial charge < -0.3 is 4.74 Å². The van der Waals surface area contributed by atoms with Crippen LogP contribution in [0.25, 0.3) is 0 Å². The first-order chi connectivity index (χ1) is 6.66. The molecule has 0 aliphatic heterocycles. The highest BCUT2D eigenvalue weighted by Gasteiger charge is 2.40. The summed E-state index contributed by atoms with van der Waals surface area (Å²) in [7, 11) is 0. The number of ketones is 1. The molecule has 3 atom stereocenters. The van der Waals surface area contributed by atoms with E-state index in [-0.39, 0.29) is 24.3 Å². The molecular formula is C11H14O3. The highest BCUT2D eigenvalue weighted by molar-refractivity contribution is 5.81. The third-order valence-corrected chi connectivity index (χ3v) is 3.00. The second-order valence-corrected chi connectivity index (χ2v) is 4.20. The van der Waals surface area contributed by atoms with Gasteiger partial charge in [-0.3, -0.25) is 9.59 Å². The fraction of sp³-hybridized carbons (Fsp3) is 0.636. The molecule has 14 heavy (non-hydrogen) atoms. The first-order valence-electron chi connectivity index (χ1n) is 5.01. The summed E-state index contributed by atoms with van der Waals surface area (Å²) >= 11 is 0. The van der Waals surface area contributed by atoms with Crippen molar-refractivity contribution in [1.82, 2.24) is 0 Å². The predicted octanol–water partition coefficient (Wildman–Crippen LogP) is 1.33. The summed E-state index contributed by atoms with van der Waals surface area (Å²) in [6.45, 7) is 1.35. The number of rotatable bonds is 3. The molecule has 0 aromatic rings. The molecule has 0 N–H and O–H groups in total. The molecule has 2 aliphatic rings. The second kappa shape index (κ2) is 3.56. The van der Waals surface area contributed by atoms with Crippen molar-refractivity contribution in [3.63, 3.8) is 0 Å². The lowest BCUT2D eigenvalue weighted by molar-refractivity contribution is -0.152. The molecule has 3 heteroatoms. The maximum atomic E-state index is 11.5. The zero-order valence-corrected chi connectivity index (χ0v) is 8.23. The molecule has 0 saturated heterocycles. The Hall–Kier alpha value is -1.12. The Labute approximate surface area is 83.1 Å². The number of esters is 1. The molecule has 0 heterocycles. The molecule has 1 fully saturated rings. The van der Waals surface area contributed by atoms with Crippen LogP contribution in [0, 0.1) is 17.8 Å². The maximum absolute atomic E-state index is 11.5. The summed E-state index contributed by atoms with van der Waals surface area (Å²) < 4.78 is 4.92. The van der Waals surface area contributed by atoms with E-state index in [1.165, 1.54) is 6.92 Å². The summed E-state index contributed by atoms with van der Waals surface area (Å²) in [6, 6.07) is 0. The Morgan fingerprint density at radius 3 is 2.64 bits per heavy atom. The Morgan fingerprint density at radius 1 is 1.36 bits per heavy atom. The molecule has 0 spiro atoms. The lowest BCUT2D eigenvalue weighted by atomic mass is 9.94. The van der Waals surface area contributed by atoms with Gasteiger partial charge in [0.1, 0.15) is 6.61 Å². The van der Waals surface area contributed by atoms with E-state index < -0.39 is 0 Å². The van der Waals surface area contributed by atoms with Crippen LogP contribution in [0.3, 0.4) is 0 Å². The standard InChI is InChI=1S/C11H14O3/c1-7(12)6-14-11(13)10-5-8-2-3-9(10)4-8/h2-3,8-10H,4-6H2,1H3/t8-,9+,10-/m0/s1. The van der Waals surface area contributed by atoms with Crippen molar-refractivity contribution >= 4 is 11.8 Å². The molecule has 0 radical (unpaired) electrons. The van der Waals surface area contributed by atoms with E-state index in [0.29, 0.717) is 11.8 Å². The Bertz CT molecular complexity index is 293. The van der Waals surface area contributed by atoms with Crippen LogP contribution < -0.4 is 0 Å². The average Bonchev–Trinajstić information content (AvgIpc) is 2.74. The van der Waals surface area contributed by atoms with Crippen molar-refractivity contribution in [1.29, 1.82) is 0 Å². The second-order valence-electron chi connectivity index (χ2n) is 4.20. The highest BCUT2D eigenvalue weighted by Crippen LogP contribution is 2.43. The van der Waals surface area contributed by atoms with E-state index in [0.717, 1.165) is 12.8 Å². The van der Waals surface area contributed by atoms with Crippen LogP contribution in [-0.2, 0) is 14.3 Å². The minimum Gasteiger partial charge on any atom is -0.457 e. The quantitative estimate of drug-likeness (QED) is 0.503. The average molecular weight is 194 g/mol. The number of Topliss-reactive ketones (excluding diaryl/α,β-unsaturated/α-hetero) is 1. The minimum absolute atomic E-state index is 0.00403. The van der Waals surface area contributed by atoms with Crippen molar-refractivity contribution in [3.05, 3.63) is 12.2 Å². The Balaban J connectivity index is 1.87. The highest BCUT2D eigenvalue weighted by atomic mass is 16.5. The summed E-state index contributed by atoms with van der Waals surface area (Å²) in [5.74, 6) is 0.632. The van der Waals surface area contributed by atoms with Crippen LogP contribution in [0.5, 0.6) is 0 Å². The molecule has 0 aromatic carbocycles. The van der Waals surface area contributed by atoms with Crippen molar-refractivity contribution in [2.45, 2.75) is 19.8 Å². The van der Waals surface area contributed by atoms with Crippen LogP contribution in [0.15, 0.2) is 12.2 Å². The smallest absolute Gasteiger partial charge is 0.309 e. The van der Waals surface area contributed by atoms with Gasteiger partial charge in [-0.15, -0.1) is 0 Å². The zero-order valence-electron chi connectivity index (χ0n) is 8.23. The lowest BCUT2D eigenvalue weighted by Gasteiger charge is -2.15. The zero-order chi connectivity index (χ0) is 10.1. The molecular weight excluding hydrogens is 180 g/mol. The van der Waals surface area contributed by atoms with Gasteiger partial charge in [0.05, 0.1) is 5.92 Å². The van der Waals surface area contributed by atoms with Gasteiger partial charge in [-0.05, 0) is 31.6 Å². The SMILES string of the molecule is CC(=O)COC(=O)[C@H]1C[C@H]2C=C[C@@H]1C2. The first kappa shape index (κ1) is 9.44. The fourth-order valence-corrected chi connectivity index (χ4v) is 2.33. The summed E-state index contributed by atoms with van der Waals surface area (Å²) in [6.07, 6.45) is 6.27. The molecule has 0 unspecified atom stereocenters. The normalized spacial score (nSPS) is 33.4. The van der Waals surface area contributed by atoms with Gasteiger partial charge in [-0.25, -0.2) is 0 Å². The van der Waals surface area contributed by atoms with Crippen molar-refractivity contribution in [2.24, 2.45) is 17.8 Å². The maximum Gasteiger partial charge on any atom is 0.309 e. The lowest BCUT2D eigenvalue weighted by Crippen LogP contribution is -2.23. The first-order valence-corrected chi connectivity index (χ1v) is 5.01. The molecule has 0 amide bonds. The number of carbonyl (C=O) groups excluding carboxylic acids is 2. The van der Waals surface area contributed by atoms with E-state index in [4.69, 9.17) is 4.74 Å². The number of hydrogen-bond acceptors (Lipinski definition) is 3. The van der Waals surface area contributed by atoms with E-state index in [1.54, 1.807) is 0 Å². The summed E-state index contributed by atoms with van der Waals surface area (Å²) in [5, 5.41) is 0. The van der Waals surface area contributed by atoms with Gasteiger partial charge in [0, 0.05) is 0 Å². The summed E-state index contributed by atoms with van der Waals surface area (Å²) in [5.41, 5.74) is 0. The predicted molar refractivity (Wildman–Crippen MR) is 50.5 cm³/mol. The number of allylic oxidation sites excluding steroid dienone is 2. The topological polar surface area (TPSA) is 43.4 Å². The van der Waals surface area contributed by atoms with E-state index in [2.05, 4.69) is 12.2 Å². The largest absolute Gasteiger partial charge is 0.457 e. The fourth-order valence-electron chi connectivity index (χ4n) is 2.33. The molecule has 76 valence electrons. The minimum atomic E-state index is -0.197. The van der Waals surface area contributed by atoms with Gasteiger partial charge in [0.15, 0.2) is 5.78 Å². The van der Waals surface area contributed by atoms with Gasteiger partial charge in [-0.2, -0.15) is 0 Å². The van der Waals surface area contributed by atoms with Gasteiger partial charge >= 0.3 is 5.97 Å². The van der Waals surface area contributed by atoms with Crippen LogP contribution in [0.2, 0.25) is 0 Å².